The molecular weight excluding hydrogens is 250 g/mol. The van der Waals surface area contributed by atoms with Crippen LogP contribution in [0, 0.1) is 5.41 Å². The van der Waals surface area contributed by atoms with Crippen molar-refractivity contribution >= 4 is 5.91 Å². The lowest BCUT2D eigenvalue weighted by molar-refractivity contribution is -0.137. The Morgan fingerprint density at radius 2 is 2.20 bits per heavy atom. The quantitative estimate of drug-likeness (QED) is 0.867. The zero-order valence-corrected chi connectivity index (χ0v) is 12.5. The lowest BCUT2D eigenvalue weighted by Gasteiger charge is -2.42. The first-order valence-corrected chi connectivity index (χ1v) is 7.46. The highest BCUT2D eigenvalue weighted by Gasteiger charge is 2.38. The molecular formula is C16H25N3O. The van der Waals surface area contributed by atoms with Gasteiger partial charge in [0.05, 0.1) is 12.2 Å². The standard InChI is InChI=1S/C16H25N3O/c1-13(2)19(11-14-6-3-4-9-18-14)15(20)10-16(12-17)7-5-8-16/h3-4,6,9,13H,5,7-8,10-12,17H2,1-2H3. The van der Waals surface area contributed by atoms with Crippen molar-refractivity contribution in [1.82, 2.24) is 9.88 Å². The van der Waals surface area contributed by atoms with E-state index in [1.54, 1.807) is 6.20 Å². The van der Waals surface area contributed by atoms with Crippen molar-refractivity contribution in [1.29, 1.82) is 0 Å². The molecule has 1 aromatic rings. The molecule has 1 amide bonds. The van der Waals surface area contributed by atoms with Gasteiger partial charge in [0.2, 0.25) is 5.91 Å². The van der Waals surface area contributed by atoms with Gasteiger partial charge in [-0.25, -0.2) is 0 Å². The van der Waals surface area contributed by atoms with E-state index in [-0.39, 0.29) is 17.4 Å². The minimum atomic E-state index is 0.0638. The van der Waals surface area contributed by atoms with E-state index < -0.39 is 0 Å². The summed E-state index contributed by atoms with van der Waals surface area (Å²) in [6.45, 7) is 5.31. The van der Waals surface area contributed by atoms with Gasteiger partial charge in [-0.05, 0) is 50.8 Å². The maximum absolute atomic E-state index is 12.6. The summed E-state index contributed by atoms with van der Waals surface area (Å²) in [5, 5.41) is 0. The van der Waals surface area contributed by atoms with Gasteiger partial charge in [0, 0.05) is 18.7 Å². The van der Waals surface area contributed by atoms with E-state index in [2.05, 4.69) is 18.8 Å². The van der Waals surface area contributed by atoms with Crippen molar-refractivity contribution < 1.29 is 4.79 Å². The molecule has 2 N–H and O–H groups in total. The van der Waals surface area contributed by atoms with E-state index in [1.165, 1.54) is 6.42 Å². The lowest BCUT2D eigenvalue weighted by atomic mass is 9.66. The zero-order valence-electron chi connectivity index (χ0n) is 12.5. The average molecular weight is 275 g/mol. The Bertz CT molecular complexity index is 435. The first-order valence-electron chi connectivity index (χ1n) is 7.46. The number of carbonyl (C=O) groups excluding carboxylic acids is 1. The largest absolute Gasteiger partial charge is 0.334 e. The van der Waals surface area contributed by atoms with Crippen LogP contribution in [0.15, 0.2) is 24.4 Å². The van der Waals surface area contributed by atoms with Crippen molar-refractivity contribution in [3.8, 4) is 0 Å². The lowest BCUT2D eigenvalue weighted by Crippen LogP contribution is -2.45. The molecule has 0 unspecified atom stereocenters. The summed E-state index contributed by atoms with van der Waals surface area (Å²) in [6, 6.07) is 5.99. The Hall–Kier alpha value is -1.42. The molecule has 1 fully saturated rings. The first-order chi connectivity index (χ1) is 9.56. The molecule has 0 bridgehead atoms. The van der Waals surface area contributed by atoms with E-state index in [4.69, 9.17) is 5.73 Å². The maximum Gasteiger partial charge on any atom is 0.223 e. The SMILES string of the molecule is CC(C)N(Cc1ccccn1)C(=O)CC1(CN)CCC1. The molecule has 0 aliphatic heterocycles. The summed E-state index contributed by atoms with van der Waals surface area (Å²) >= 11 is 0. The van der Waals surface area contributed by atoms with Crippen LogP contribution in [-0.4, -0.2) is 28.4 Å². The molecule has 0 aromatic carbocycles. The summed E-state index contributed by atoms with van der Waals surface area (Å²) in [6.07, 6.45) is 5.72. The van der Waals surface area contributed by atoms with E-state index in [0.29, 0.717) is 19.5 Å². The Morgan fingerprint density at radius 3 is 2.65 bits per heavy atom. The van der Waals surface area contributed by atoms with Crippen molar-refractivity contribution in [2.24, 2.45) is 11.1 Å². The van der Waals surface area contributed by atoms with Gasteiger partial charge in [0.15, 0.2) is 0 Å². The van der Waals surface area contributed by atoms with Crippen LogP contribution in [0.4, 0.5) is 0 Å². The molecule has 0 radical (unpaired) electrons. The molecule has 1 saturated carbocycles. The molecule has 110 valence electrons. The van der Waals surface area contributed by atoms with Crippen LogP contribution in [0.2, 0.25) is 0 Å². The van der Waals surface area contributed by atoms with Crippen LogP contribution in [-0.2, 0) is 11.3 Å². The highest BCUT2D eigenvalue weighted by molar-refractivity contribution is 5.77. The van der Waals surface area contributed by atoms with Crippen LogP contribution < -0.4 is 5.73 Å². The third kappa shape index (κ3) is 3.37. The monoisotopic (exact) mass is 275 g/mol. The van der Waals surface area contributed by atoms with E-state index in [0.717, 1.165) is 18.5 Å². The fourth-order valence-corrected chi connectivity index (χ4v) is 2.78. The van der Waals surface area contributed by atoms with Crippen molar-refractivity contribution in [2.75, 3.05) is 6.54 Å². The van der Waals surface area contributed by atoms with Crippen molar-refractivity contribution in [3.63, 3.8) is 0 Å². The fraction of sp³-hybridized carbons (Fsp3) is 0.625. The van der Waals surface area contributed by atoms with Crippen LogP contribution >= 0.6 is 0 Å². The summed E-state index contributed by atoms with van der Waals surface area (Å²) in [7, 11) is 0. The number of aromatic nitrogens is 1. The molecule has 2 rings (SSSR count). The molecule has 0 spiro atoms. The number of hydrogen-bond acceptors (Lipinski definition) is 3. The van der Waals surface area contributed by atoms with Gasteiger partial charge in [0.1, 0.15) is 0 Å². The number of amides is 1. The Morgan fingerprint density at radius 1 is 1.45 bits per heavy atom. The van der Waals surface area contributed by atoms with Crippen molar-refractivity contribution in [2.45, 2.75) is 52.1 Å². The number of hydrogen-bond donors (Lipinski definition) is 1. The average Bonchev–Trinajstić information content (AvgIpc) is 2.41. The van der Waals surface area contributed by atoms with E-state index in [1.807, 2.05) is 23.1 Å². The third-order valence-corrected chi connectivity index (χ3v) is 4.38. The number of nitrogens with zero attached hydrogens (tertiary/aromatic N) is 2. The third-order valence-electron chi connectivity index (χ3n) is 4.38. The minimum Gasteiger partial charge on any atom is -0.334 e. The molecule has 0 atom stereocenters. The smallest absolute Gasteiger partial charge is 0.223 e. The molecule has 1 aliphatic carbocycles. The van der Waals surface area contributed by atoms with Gasteiger partial charge in [-0.3, -0.25) is 9.78 Å². The Balaban J connectivity index is 2.03. The molecule has 20 heavy (non-hydrogen) atoms. The Kier molecular flexibility index (Phi) is 4.76. The van der Waals surface area contributed by atoms with Crippen LogP contribution in [0.25, 0.3) is 0 Å². The highest BCUT2D eigenvalue weighted by atomic mass is 16.2. The second-order valence-electron chi connectivity index (χ2n) is 6.17. The normalized spacial score (nSPS) is 16.8. The van der Waals surface area contributed by atoms with Gasteiger partial charge in [-0.1, -0.05) is 12.5 Å². The summed E-state index contributed by atoms with van der Waals surface area (Å²) in [4.78, 5) is 18.8. The van der Waals surface area contributed by atoms with Gasteiger partial charge in [-0.2, -0.15) is 0 Å². The minimum absolute atomic E-state index is 0.0638. The van der Waals surface area contributed by atoms with Crippen LogP contribution in [0.3, 0.4) is 0 Å². The molecule has 4 nitrogen and oxygen atoms in total. The summed E-state index contributed by atoms with van der Waals surface area (Å²) < 4.78 is 0. The maximum atomic E-state index is 12.6. The van der Waals surface area contributed by atoms with Crippen LogP contribution in [0.5, 0.6) is 0 Å². The predicted molar refractivity (Wildman–Crippen MR) is 79.9 cm³/mol. The van der Waals surface area contributed by atoms with Gasteiger partial charge in [-0.15, -0.1) is 0 Å². The van der Waals surface area contributed by atoms with Gasteiger partial charge >= 0.3 is 0 Å². The van der Waals surface area contributed by atoms with E-state index >= 15 is 0 Å². The number of nitrogens with two attached hydrogens (primary N) is 1. The number of pyridine rings is 1. The number of carbonyl (C=O) groups is 1. The summed E-state index contributed by atoms with van der Waals surface area (Å²) in [5.41, 5.74) is 6.86. The second kappa shape index (κ2) is 6.35. The topological polar surface area (TPSA) is 59.2 Å². The molecule has 1 aliphatic rings. The van der Waals surface area contributed by atoms with Crippen LogP contribution in [0.1, 0.15) is 45.2 Å². The molecule has 0 saturated heterocycles. The molecule has 1 aromatic heterocycles. The Labute approximate surface area is 121 Å². The van der Waals surface area contributed by atoms with Gasteiger partial charge in [0.25, 0.3) is 0 Å². The fourth-order valence-electron chi connectivity index (χ4n) is 2.78. The number of rotatable bonds is 6. The van der Waals surface area contributed by atoms with Crippen molar-refractivity contribution in [3.05, 3.63) is 30.1 Å². The first kappa shape index (κ1) is 15.0. The zero-order chi connectivity index (χ0) is 14.6. The van der Waals surface area contributed by atoms with E-state index in [9.17, 15) is 4.79 Å². The van der Waals surface area contributed by atoms with Gasteiger partial charge < -0.3 is 10.6 Å². The highest BCUT2D eigenvalue weighted by Crippen LogP contribution is 2.43. The second-order valence-corrected chi connectivity index (χ2v) is 6.17. The molecule has 4 heteroatoms. The summed E-state index contributed by atoms with van der Waals surface area (Å²) in [5.74, 6) is 0.204. The molecule has 1 heterocycles. The predicted octanol–water partition coefficient (Wildman–Crippen LogP) is 2.34.